The molecule has 1 aliphatic heterocycles. The number of para-hydroxylation sites is 2. The largest absolute Gasteiger partial charge is 0.437 e. The molecule has 0 atom stereocenters. The fourth-order valence-electron chi connectivity index (χ4n) is 2.75. The summed E-state index contributed by atoms with van der Waals surface area (Å²) in [5.41, 5.74) is 4.07. The van der Waals surface area contributed by atoms with Crippen molar-refractivity contribution in [3.8, 4) is 0 Å². The van der Waals surface area contributed by atoms with Gasteiger partial charge in [-0.25, -0.2) is 4.98 Å². The van der Waals surface area contributed by atoms with Crippen molar-refractivity contribution in [3.05, 3.63) is 60.0 Å². The van der Waals surface area contributed by atoms with E-state index in [-0.39, 0.29) is 0 Å². The van der Waals surface area contributed by atoms with Crippen molar-refractivity contribution in [2.24, 2.45) is 0 Å². The van der Waals surface area contributed by atoms with Gasteiger partial charge in [-0.2, -0.15) is 0 Å². The number of fused-ring (bicyclic) bond motifs is 1. The van der Waals surface area contributed by atoms with Crippen LogP contribution in [0.15, 0.2) is 52.9 Å². The maximum absolute atomic E-state index is 5.69. The molecule has 4 rings (SSSR count). The Morgan fingerprint density at radius 3 is 2.48 bits per heavy atom. The summed E-state index contributed by atoms with van der Waals surface area (Å²) in [5.74, 6) is 0.628. The maximum Gasteiger partial charge on any atom is 0.220 e. The zero-order valence-electron chi connectivity index (χ0n) is 12.8. The molecule has 1 aliphatic rings. The maximum atomic E-state index is 5.69. The highest BCUT2D eigenvalue weighted by Gasteiger charge is 2.10. The van der Waals surface area contributed by atoms with Crippen molar-refractivity contribution in [2.75, 3.05) is 31.2 Å². The van der Waals surface area contributed by atoms with Crippen LogP contribution in [-0.4, -0.2) is 31.3 Å². The highest BCUT2D eigenvalue weighted by Crippen LogP contribution is 2.19. The first-order valence-electron chi connectivity index (χ1n) is 7.85. The normalized spacial score (nSPS) is 15.6. The van der Waals surface area contributed by atoms with E-state index in [1.807, 2.05) is 36.4 Å². The third-order valence-corrected chi connectivity index (χ3v) is 4.00. The van der Waals surface area contributed by atoms with Gasteiger partial charge in [-0.1, -0.05) is 24.3 Å². The predicted octanol–water partition coefficient (Wildman–Crippen LogP) is 3.83. The topological polar surface area (TPSA) is 38.5 Å². The fourth-order valence-corrected chi connectivity index (χ4v) is 2.75. The number of morpholine rings is 1. The number of benzene rings is 2. The van der Waals surface area contributed by atoms with Gasteiger partial charge >= 0.3 is 0 Å². The van der Waals surface area contributed by atoms with E-state index < -0.39 is 0 Å². The summed E-state index contributed by atoms with van der Waals surface area (Å²) in [6.45, 7) is 3.52. The molecule has 0 unspecified atom stereocenters. The van der Waals surface area contributed by atoms with Crippen LogP contribution in [0.25, 0.3) is 23.3 Å². The number of hydrogen-bond acceptors (Lipinski definition) is 4. The van der Waals surface area contributed by atoms with Gasteiger partial charge in [0.05, 0.1) is 13.2 Å². The summed E-state index contributed by atoms with van der Waals surface area (Å²) >= 11 is 0. The SMILES string of the molecule is C(=Cc1nc2ccccc2o1)c1ccc(N2CCOCC2)cc1. The minimum Gasteiger partial charge on any atom is -0.437 e. The second-order valence-corrected chi connectivity index (χ2v) is 5.54. The Balaban J connectivity index is 1.49. The third-order valence-electron chi connectivity index (χ3n) is 4.00. The predicted molar refractivity (Wildman–Crippen MR) is 92.4 cm³/mol. The van der Waals surface area contributed by atoms with E-state index in [1.54, 1.807) is 0 Å². The summed E-state index contributed by atoms with van der Waals surface area (Å²) in [5, 5.41) is 0. The molecule has 0 aliphatic carbocycles. The molecule has 0 spiro atoms. The highest BCUT2D eigenvalue weighted by atomic mass is 16.5. The average molecular weight is 306 g/mol. The number of ether oxygens (including phenoxy) is 1. The average Bonchev–Trinajstić information content (AvgIpc) is 3.04. The molecule has 0 bridgehead atoms. The fraction of sp³-hybridized carbons (Fsp3) is 0.211. The van der Waals surface area contributed by atoms with Crippen molar-refractivity contribution in [1.82, 2.24) is 4.98 Å². The van der Waals surface area contributed by atoms with Crippen LogP contribution in [0, 0.1) is 0 Å². The number of oxazole rings is 1. The molecular formula is C19H18N2O2. The zero-order valence-corrected chi connectivity index (χ0v) is 12.8. The molecule has 0 N–H and O–H groups in total. The van der Waals surface area contributed by atoms with E-state index in [2.05, 4.69) is 34.1 Å². The van der Waals surface area contributed by atoms with Gasteiger partial charge in [-0.05, 0) is 35.9 Å². The van der Waals surface area contributed by atoms with E-state index in [0.29, 0.717) is 5.89 Å². The van der Waals surface area contributed by atoms with Gasteiger partial charge in [-0.15, -0.1) is 0 Å². The molecule has 1 fully saturated rings. The zero-order chi connectivity index (χ0) is 15.5. The molecule has 0 amide bonds. The number of hydrogen-bond donors (Lipinski definition) is 0. The molecule has 2 aromatic carbocycles. The lowest BCUT2D eigenvalue weighted by Gasteiger charge is -2.28. The first-order valence-corrected chi connectivity index (χ1v) is 7.85. The van der Waals surface area contributed by atoms with Gasteiger partial charge in [0, 0.05) is 24.9 Å². The molecule has 4 heteroatoms. The first-order chi connectivity index (χ1) is 11.4. The van der Waals surface area contributed by atoms with Crippen molar-refractivity contribution < 1.29 is 9.15 Å². The van der Waals surface area contributed by atoms with Crippen LogP contribution in [0.3, 0.4) is 0 Å². The van der Waals surface area contributed by atoms with Gasteiger partial charge in [0.15, 0.2) is 5.58 Å². The van der Waals surface area contributed by atoms with Gasteiger partial charge in [-0.3, -0.25) is 0 Å². The van der Waals surface area contributed by atoms with Crippen LogP contribution in [0.5, 0.6) is 0 Å². The molecule has 3 aromatic rings. The standard InChI is InChI=1S/C19H18N2O2/c1-2-4-18-17(3-1)20-19(23-18)10-7-15-5-8-16(9-6-15)21-11-13-22-14-12-21/h1-10H,11-14H2. The monoisotopic (exact) mass is 306 g/mol. The smallest absolute Gasteiger partial charge is 0.220 e. The Hall–Kier alpha value is -2.59. The van der Waals surface area contributed by atoms with Crippen LogP contribution in [-0.2, 0) is 4.74 Å². The van der Waals surface area contributed by atoms with Crippen LogP contribution in [0.2, 0.25) is 0 Å². The molecule has 4 nitrogen and oxygen atoms in total. The lowest BCUT2D eigenvalue weighted by Crippen LogP contribution is -2.36. The summed E-state index contributed by atoms with van der Waals surface area (Å²) in [6.07, 6.45) is 3.93. The van der Waals surface area contributed by atoms with E-state index in [4.69, 9.17) is 9.15 Å². The van der Waals surface area contributed by atoms with Crippen molar-refractivity contribution in [2.45, 2.75) is 0 Å². The van der Waals surface area contributed by atoms with E-state index >= 15 is 0 Å². The Bertz CT molecular complexity index is 782. The lowest BCUT2D eigenvalue weighted by atomic mass is 10.1. The molecule has 0 radical (unpaired) electrons. The molecule has 23 heavy (non-hydrogen) atoms. The van der Waals surface area contributed by atoms with Crippen LogP contribution in [0.1, 0.15) is 11.5 Å². The van der Waals surface area contributed by atoms with E-state index in [1.165, 1.54) is 5.69 Å². The first kappa shape index (κ1) is 14.0. The third kappa shape index (κ3) is 3.12. The van der Waals surface area contributed by atoms with Gasteiger partial charge < -0.3 is 14.1 Å². The molecular weight excluding hydrogens is 288 g/mol. The van der Waals surface area contributed by atoms with Crippen molar-refractivity contribution >= 4 is 28.9 Å². The Morgan fingerprint density at radius 1 is 0.913 bits per heavy atom. The second-order valence-electron chi connectivity index (χ2n) is 5.54. The lowest BCUT2D eigenvalue weighted by molar-refractivity contribution is 0.122. The second kappa shape index (κ2) is 6.26. The summed E-state index contributed by atoms with van der Waals surface area (Å²) in [4.78, 5) is 6.79. The van der Waals surface area contributed by atoms with Crippen LogP contribution < -0.4 is 4.90 Å². The molecule has 0 saturated carbocycles. The van der Waals surface area contributed by atoms with Gasteiger partial charge in [0.1, 0.15) is 5.52 Å². The summed E-state index contributed by atoms with van der Waals surface area (Å²) in [6, 6.07) is 16.3. The van der Waals surface area contributed by atoms with Crippen LogP contribution >= 0.6 is 0 Å². The summed E-state index contributed by atoms with van der Waals surface area (Å²) < 4.78 is 11.1. The minimum atomic E-state index is 0.628. The number of anilines is 1. The molecule has 2 heterocycles. The molecule has 1 saturated heterocycles. The van der Waals surface area contributed by atoms with E-state index in [9.17, 15) is 0 Å². The Morgan fingerprint density at radius 2 is 1.70 bits per heavy atom. The van der Waals surface area contributed by atoms with Gasteiger partial charge in [0.2, 0.25) is 5.89 Å². The number of rotatable bonds is 3. The Labute approximate surface area is 135 Å². The number of nitrogens with zero attached hydrogens (tertiary/aromatic N) is 2. The minimum absolute atomic E-state index is 0.628. The van der Waals surface area contributed by atoms with Crippen molar-refractivity contribution in [3.63, 3.8) is 0 Å². The number of aromatic nitrogens is 1. The summed E-state index contributed by atoms with van der Waals surface area (Å²) in [7, 11) is 0. The van der Waals surface area contributed by atoms with Crippen molar-refractivity contribution in [1.29, 1.82) is 0 Å². The van der Waals surface area contributed by atoms with Crippen LogP contribution in [0.4, 0.5) is 5.69 Å². The molecule has 1 aromatic heterocycles. The van der Waals surface area contributed by atoms with E-state index in [0.717, 1.165) is 43.0 Å². The van der Waals surface area contributed by atoms with Gasteiger partial charge in [0.25, 0.3) is 0 Å². The highest BCUT2D eigenvalue weighted by molar-refractivity contribution is 5.76. The quantitative estimate of drug-likeness (QED) is 0.737. The molecule has 116 valence electrons. The Kier molecular flexibility index (Phi) is 3.82.